The van der Waals surface area contributed by atoms with Crippen molar-refractivity contribution >= 4 is 35.2 Å². The van der Waals surface area contributed by atoms with E-state index in [9.17, 15) is 27.9 Å². The third kappa shape index (κ3) is 5.18. The number of aliphatic hydroxyl groups is 1. The Labute approximate surface area is 245 Å². The predicted molar refractivity (Wildman–Crippen MR) is 146 cm³/mol. The van der Waals surface area contributed by atoms with Crippen LogP contribution >= 0.6 is 23.2 Å². The van der Waals surface area contributed by atoms with Crippen LogP contribution in [-0.4, -0.2) is 77.7 Å². The Morgan fingerprint density at radius 1 is 1.05 bits per heavy atom. The van der Waals surface area contributed by atoms with Crippen molar-refractivity contribution in [3.8, 4) is 17.1 Å². The molecule has 2 aliphatic heterocycles. The van der Waals surface area contributed by atoms with Gasteiger partial charge in [-0.15, -0.1) is 10.2 Å². The summed E-state index contributed by atoms with van der Waals surface area (Å²) in [6, 6.07) is 12.7. The van der Waals surface area contributed by atoms with Crippen LogP contribution in [0.15, 0.2) is 53.3 Å². The number of nitrogens with zero attached hydrogens (tertiary/aromatic N) is 7. The van der Waals surface area contributed by atoms with Crippen LogP contribution in [-0.2, 0) is 13.1 Å². The van der Waals surface area contributed by atoms with Gasteiger partial charge >= 0.3 is 17.9 Å². The van der Waals surface area contributed by atoms with Crippen LogP contribution in [0.1, 0.15) is 5.82 Å². The Morgan fingerprint density at radius 3 is 2.40 bits per heavy atom. The summed E-state index contributed by atoms with van der Waals surface area (Å²) in [5.41, 5.74) is -0.535. The molecule has 2 saturated heterocycles. The van der Waals surface area contributed by atoms with Gasteiger partial charge in [0.05, 0.1) is 22.8 Å². The molecule has 2 aromatic carbocycles. The van der Waals surface area contributed by atoms with Crippen molar-refractivity contribution in [3.63, 3.8) is 0 Å². The number of rotatable bonds is 7. The van der Waals surface area contributed by atoms with Crippen molar-refractivity contribution in [3.05, 3.63) is 74.9 Å². The lowest BCUT2D eigenvalue weighted by Crippen LogP contribution is -2.69. The van der Waals surface area contributed by atoms with Crippen LogP contribution in [0, 0.1) is 0 Å². The maximum absolute atomic E-state index is 13.3. The molecule has 2 amide bonds. The van der Waals surface area contributed by atoms with Crippen molar-refractivity contribution < 1.29 is 23.1 Å². The Bertz CT molecular complexity index is 1710. The van der Waals surface area contributed by atoms with Gasteiger partial charge in [0.1, 0.15) is 6.54 Å². The minimum absolute atomic E-state index is 0.0973. The topological polar surface area (TPSA) is 135 Å². The summed E-state index contributed by atoms with van der Waals surface area (Å²) in [6.07, 6.45) is -7.75. The molecular formula is C25H22Cl2F3N9O3. The fourth-order valence-corrected chi connectivity index (χ4v) is 5.27. The quantitative estimate of drug-likeness (QED) is 0.288. The number of hydrogen-bond donors (Lipinski definition) is 3. The number of hydrogen-bond acceptors (Lipinski definition) is 7. The Hall–Kier alpha value is -4.08. The van der Waals surface area contributed by atoms with Gasteiger partial charge in [-0.05, 0) is 36.4 Å². The van der Waals surface area contributed by atoms with Gasteiger partial charge in [0.25, 0.3) is 0 Å². The van der Waals surface area contributed by atoms with Crippen molar-refractivity contribution in [1.29, 1.82) is 0 Å². The number of urea groups is 1. The summed E-state index contributed by atoms with van der Waals surface area (Å²) in [6.45, 7) is -0.0592. The first-order valence-corrected chi connectivity index (χ1v) is 13.4. The molecule has 2 aromatic heterocycles. The number of para-hydroxylation sites is 1. The second-order valence-corrected chi connectivity index (χ2v) is 10.9. The van der Waals surface area contributed by atoms with Crippen LogP contribution in [0.25, 0.3) is 17.1 Å². The molecule has 1 spiro atoms. The molecule has 2 fully saturated rings. The first-order chi connectivity index (χ1) is 19.9. The van der Waals surface area contributed by atoms with Gasteiger partial charge in [-0.3, -0.25) is 4.57 Å². The van der Waals surface area contributed by atoms with E-state index in [0.717, 1.165) is 9.25 Å². The molecule has 0 radical (unpaired) electrons. The number of alkyl halides is 3. The summed E-state index contributed by atoms with van der Waals surface area (Å²) < 4.78 is 42.8. The highest BCUT2D eigenvalue weighted by molar-refractivity contribution is 6.32. The third-order valence-electron chi connectivity index (χ3n) is 7.00. The lowest BCUT2D eigenvalue weighted by molar-refractivity contribution is -0.207. The highest BCUT2D eigenvalue weighted by atomic mass is 35.5. The fraction of sp³-hybridized carbons (Fsp3) is 0.320. The number of nitrogens with one attached hydrogen (secondary N) is 2. The molecule has 0 aliphatic carbocycles. The SMILES string of the molecule is O=C1NCC2(CN(c3nc(Cn4nc(-c5ccc(Cl)cc5)n(CC(O)C(F)(F)F)c4=O)nn3-c3ccccc3Cl)C2)N1. The van der Waals surface area contributed by atoms with Gasteiger partial charge in [-0.1, -0.05) is 35.3 Å². The highest BCUT2D eigenvalue weighted by Gasteiger charge is 2.49. The number of aromatic nitrogens is 6. The van der Waals surface area contributed by atoms with E-state index in [1.54, 1.807) is 24.3 Å². The number of carbonyl (C=O) groups excluding carboxylic acids is 1. The van der Waals surface area contributed by atoms with Crippen molar-refractivity contribution in [1.82, 2.24) is 39.7 Å². The summed E-state index contributed by atoms with van der Waals surface area (Å²) in [4.78, 5) is 31.5. The lowest BCUT2D eigenvalue weighted by atomic mass is 9.91. The van der Waals surface area contributed by atoms with E-state index in [1.165, 1.54) is 28.9 Å². The van der Waals surface area contributed by atoms with Crippen LogP contribution in [0.5, 0.6) is 0 Å². The first kappa shape index (κ1) is 28.1. The van der Waals surface area contributed by atoms with E-state index in [2.05, 4.69) is 25.8 Å². The van der Waals surface area contributed by atoms with Crippen molar-refractivity contribution in [2.75, 3.05) is 24.5 Å². The Balaban J connectivity index is 1.37. The first-order valence-electron chi connectivity index (χ1n) is 12.6. The molecule has 220 valence electrons. The summed E-state index contributed by atoms with van der Waals surface area (Å²) in [7, 11) is 0. The van der Waals surface area contributed by atoms with Gasteiger partial charge < -0.3 is 20.6 Å². The standard InChI is InChI=1S/C25H22Cl2F3N9O3/c26-15-7-5-14(6-8-15)20-35-38(23(42)37(20)9-18(40)25(28,29)30)10-19-32-22(36-12-24(13-36)11-31-21(41)33-24)39(34-19)17-4-2-1-3-16(17)27/h1-8,18,40H,9-13H2,(H2,31,33,41). The molecule has 17 heteroatoms. The summed E-state index contributed by atoms with van der Waals surface area (Å²) in [5.74, 6) is 0.424. The monoisotopic (exact) mass is 623 g/mol. The van der Waals surface area contributed by atoms with Crippen LogP contribution in [0.3, 0.4) is 0 Å². The number of benzene rings is 2. The lowest BCUT2D eigenvalue weighted by Gasteiger charge is -2.47. The largest absolute Gasteiger partial charge is 0.416 e. The number of halogens is 5. The fourth-order valence-electron chi connectivity index (χ4n) is 4.93. The van der Waals surface area contributed by atoms with Crippen LogP contribution < -0.4 is 21.2 Å². The van der Waals surface area contributed by atoms with Gasteiger partial charge in [-0.2, -0.15) is 22.8 Å². The Morgan fingerprint density at radius 2 is 1.76 bits per heavy atom. The van der Waals surface area contributed by atoms with E-state index in [0.29, 0.717) is 46.9 Å². The van der Waals surface area contributed by atoms with E-state index < -0.39 is 30.1 Å². The van der Waals surface area contributed by atoms with E-state index >= 15 is 0 Å². The van der Waals surface area contributed by atoms with Crippen LogP contribution in [0.4, 0.5) is 23.9 Å². The molecular weight excluding hydrogens is 602 g/mol. The second-order valence-electron chi connectivity index (χ2n) is 10.1. The van der Waals surface area contributed by atoms with E-state index in [1.807, 2.05) is 4.90 Å². The zero-order valence-electron chi connectivity index (χ0n) is 21.5. The minimum atomic E-state index is -4.95. The Kier molecular flexibility index (Phi) is 6.90. The predicted octanol–water partition coefficient (Wildman–Crippen LogP) is 2.44. The molecule has 6 rings (SSSR count). The average Bonchev–Trinajstić information content (AvgIpc) is 3.60. The molecule has 42 heavy (non-hydrogen) atoms. The maximum Gasteiger partial charge on any atom is 0.416 e. The molecule has 0 bridgehead atoms. The molecule has 4 heterocycles. The van der Waals surface area contributed by atoms with Gasteiger partial charge in [0, 0.05) is 30.2 Å². The smallest absolute Gasteiger partial charge is 0.382 e. The molecule has 0 saturated carbocycles. The molecule has 1 unspecified atom stereocenters. The number of carbonyl (C=O) groups is 1. The third-order valence-corrected chi connectivity index (χ3v) is 7.57. The van der Waals surface area contributed by atoms with Gasteiger partial charge in [0.2, 0.25) is 5.95 Å². The van der Waals surface area contributed by atoms with Crippen molar-refractivity contribution in [2.24, 2.45) is 0 Å². The van der Waals surface area contributed by atoms with Gasteiger partial charge in [-0.25, -0.2) is 14.3 Å². The minimum Gasteiger partial charge on any atom is -0.382 e. The van der Waals surface area contributed by atoms with E-state index in [4.69, 9.17) is 23.2 Å². The number of anilines is 1. The highest BCUT2D eigenvalue weighted by Crippen LogP contribution is 2.32. The summed E-state index contributed by atoms with van der Waals surface area (Å²) >= 11 is 12.4. The zero-order valence-corrected chi connectivity index (χ0v) is 23.0. The van der Waals surface area contributed by atoms with E-state index in [-0.39, 0.29) is 24.2 Å². The van der Waals surface area contributed by atoms with Crippen molar-refractivity contribution in [2.45, 2.75) is 30.9 Å². The maximum atomic E-state index is 13.3. The number of amides is 2. The molecule has 3 N–H and O–H groups in total. The summed E-state index contributed by atoms with van der Waals surface area (Å²) in [5, 5.41) is 25.0. The average molecular weight is 624 g/mol. The normalized spacial score (nSPS) is 16.8. The van der Waals surface area contributed by atoms with Gasteiger partial charge in [0.15, 0.2) is 17.8 Å². The zero-order chi connectivity index (χ0) is 29.8. The second kappa shape index (κ2) is 10.3. The molecule has 2 aliphatic rings. The molecule has 1 atom stereocenters. The number of aliphatic hydroxyl groups excluding tert-OH is 1. The van der Waals surface area contributed by atoms with Crippen LogP contribution in [0.2, 0.25) is 10.0 Å². The molecule has 12 nitrogen and oxygen atoms in total. The molecule has 4 aromatic rings.